The number of nitrogens with zero attached hydrogens (tertiary/aromatic N) is 1. The minimum atomic E-state index is -4.36. The van der Waals surface area contributed by atoms with Crippen molar-refractivity contribution in [2.24, 2.45) is 0 Å². The van der Waals surface area contributed by atoms with Gasteiger partial charge in [-0.1, -0.05) is 280 Å². The van der Waals surface area contributed by atoms with Gasteiger partial charge in [0.2, 0.25) is 5.91 Å². The van der Waals surface area contributed by atoms with Gasteiger partial charge in [-0.15, -0.1) is 0 Å². The molecule has 9 heteroatoms. The Kier molecular flexibility index (Phi) is 54.6. The van der Waals surface area contributed by atoms with Crippen molar-refractivity contribution in [3.63, 3.8) is 0 Å². The van der Waals surface area contributed by atoms with Gasteiger partial charge < -0.3 is 19.8 Å². The molecule has 0 aliphatic rings. The monoisotopic (exact) mass is 1060 g/mol. The molecule has 434 valence electrons. The largest absolute Gasteiger partial charge is 0.472 e. The molecule has 0 saturated heterocycles. The molecule has 0 spiro atoms. The second-order valence-corrected chi connectivity index (χ2v) is 24.2. The molecule has 1 amide bonds. The summed E-state index contributed by atoms with van der Waals surface area (Å²) >= 11 is 0. The van der Waals surface area contributed by atoms with Crippen molar-refractivity contribution in [2.45, 2.75) is 309 Å². The van der Waals surface area contributed by atoms with Crippen molar-refractivity contribution in [1.29, 1.82) is 0 Å². The van der Waals surface area contributed by atoms with E-state index < -0.39 is 20.0 Å². The van der Waals surface area contributed by atoms with Crippen molar-refractivity contribution < 1.29 is 32.9 Å². The molecule has 0 aromatic heterocycles. The number of allylic oxidation sites excluding steroid dienone is 9. The summed E-state index contributed by atoms with van der Waals surface area (Å²) in [5, 5.41) is 14.0. The number of aliphatic hydroxyl groups is 1. The molecule has 74 heavy (non-hydrogen) atoms. The Balaban J connectivity index is 4.17. The predicted octanol–water partition coefficient (Wildman–Crippen LogP) is 19.7. The van der Waals surface area contributed by atoms with Gasteiger partial charge in [0.1, 0.15) is 13.2 Å². The maximum atomic E-state index is 13.0. The second kappa shape index (κ2) is 55.9. The van der Waals surface area contributed by atoms with Crippen LogP contribution in [0, 0.1) is 0 Å². The smallest absolute Gasteiger partial charge is 0.387 e. The van der Waals surface area contributed by atoms with E-state index in [0.29, 0.717) is 17.4 Å². The number of carbonyl (C=O) groups is 1. The fourth-order valence-corrected chi connectivity index (χ4v) is 9.98. The van der Waals surface area contributed by atoms with Crippen LogP contribution in [0.15, 0.2) is 60.8 Å². The van der Waals surface area contributed by atoms with Crippen molar-refractivity contribution in [1.82, 2.24) is 5.32 Å². The molecular formula is C65H124N2O6P+. The van der Waals surface area contributed by atoms with Gasteiger partial charge in [0.05, 0.1) is 39.9 Å². The summed E-state index contributed by atoms with van der Waals surface area (Å²) in [6, 6.07) is -0.867. The van der Waals surface area contributed by atoms with Crippen LogP contribution in [0.25, 0.3) is 0 Å². The first-order chi connectivity index (χ1) is 36.0. The number of hydrogen-bond donors (Lipinski definition) is 3. The first-order valence-electron chi connectivity index (χ1n) is 31.7. The molecule has 0 saturated carbocycles. The summed E-state index contributed by atoms with van der Waals surface area (Å²) in [5.74, 6) is -0.185. The Morgan fingerprint density at radius 2 is 0.784 bits per heavy atom. The van der Waals surface area contributed by atoms with Gasteiger partial charge in [-0.3, -0.25) is 13.8 Å². The quantitative estimate of drug-likeness (QED) is 0.0243. The zero-order valence-electron chi connectivity index (χ0n) is 49.6. The molecule has 0 bridgehead atoms. The second-order valence-electron chi connectivity index (χ2n) is 22.8. The Hall–Kier alpha value is -1.80. The number of aliphatic hydroxyl groups excluding tert-OH is 1. The lowest BCUT2D eigenvalue weighted by atomic mass is 10.0. The van der Waals surface area contributed by atoms with Crippen LogP contribution in [0.5, 0.6) is 0 Å². The van der Waals surface area contributed by atoms with Crippen LogP contribution in [-0.2, 0) is 18.4 Å². The van der Waals surface area contributed by atoms with E-state index in [1.807, 2.05) is 27.2 Å². The molecule has 0 fully saturated rings. The van der Waals surface area contributed by atoms with E-state index in [-0.39, 0.29) is 19.1 Å². The molecule has 3 atom stereocenters. The van der Waals surface area contributed by atoms with Crippen LogP contribution < -0.4 is 5.32 Å². The standard InChI is InChI=1S/C65H123N2O6P/c1-6-8-10-12-14-16-18-20-22-24-26-28-30-31-32-33-34-35-37-39-41-43-45-47-49-51-53-55-57-59-65(69)66-63(62-73-74(70,71)72-61-60-67(3,4)5)64(68)58-56-54-52-50-48-46-44-42-40-38-36-29-27-25-23-21-19-17-15-13-11-9-7-2/h18,20,24,26,30-31,48,50,56,58,63-64,68H,6-17,19,21-23,25,27-29,32-47,49,51-55,57,59-62H2,1-5H3,(H-,66,69,70,71)/p+1/b20-18-,26-24-,31-30-,50-48+,58-56+. The average molecular weight is 1060 g/mol. The van der Waals surface area contributed by atoms with Crippen molar-refractivity contribution >= 4 is 13.7 Å². The summed E-state index contributed by atoms with van der Waals surface area (Å²) in [7, 11) is 1.56. The van der Waals surface area contributed by atoms with E-state index in [1.165, 1.54) is 225 Å². The minimum absolute atomic E-state index is 0.0552. The molecule has 0 aromatic rings. The number of amides is 1. The fraction of sp³-hybridized carbons (Fsp3) is 0.831. The van der Waals surface area contributed by atoms with E-state index in [1.54, 1.807) is 6.08 Å². The van der Waals surface area contributed by atoms with E-state index in [2.05, 4.69) is 67.8 Å². The SMILES string of the molecule is CCCCCCC/C=C\C/C=C\C/C=C\CCCCCCCCCCCCCCCCC(=O)NC(COP(=O)(O)OCC[N+](C)(C)C)C(O)/C=C/CC/C=C/CCCCCCCCCCCCCCCCCCC. The summed E-state index contributed by atoms with van der Waals surface area (Å²) in [5.41, 5.74) is 0. The fourth-order valence-electron chi connectivity index (χ4n) is 9.24. The molecule has 0 radical (unpaired) electrons. The van der Waals surface area contributed by atoms with Crippen molar-refractivity contribution in [3.8, 4) is 0 Å². The van der Waals surface area contributed by atoms with Crippen LogP contribution in [0.3, 0.4) is 0 Å². The first-order valence-corrected chi connectivity index (χ1v) is 33.2. The van der Waals surface area contributed by atoms with E-state index in [4.69, 9.17) is 9.05 Å². The van der Waals surface area contributed by atoms with Crippen LogP contribution in [0.1, 0.15) is 296 Å². The number of unbranched alkanes of at least 4 members (excludes halogenated alkanes) is 37. The topological polar surface area (TPSA) is 105 Å². The first kappa shape index (κ1) is 72.2. The van der Waals surface area contributed by atoms with E-state index in [0.717, 1.165) is 51.4 Å². The van der Waals surface area contributed by atoms with E-state index in [9.17, 15) is 19.4 Å². The normalized spacial score (nSPS) is 14.2. The lowest BCUT2D eigenvalue weighted by Gasteiger charge is -2.25. The third-order valence-electron chi connectivity index (χ3n) is 14.2. The number of phosphoric ester groups is 1. The molecule has 3 unspecified atom stereocenters. The Bertz CT molecular complexity index is 1390. The van der Waals surface area contributed by atoms with Crippen molar-refractivity contribution in [3.05, 3.63) is 60.8 Å². The van der Waals surface area contributed by atoms with Gasteiger partial charge in [-0.2, -0.15) is 0 Å². The number of carbonyl (C=O) groups excluding carboxylic acids is 1. The Morgan fingerprint density at radius 3 is 1.18 bits per heavy atom. The Morgan fingerprint density at radius 1 is 0.459 bits per heavy atom. The zero-order chi connectivity index (χ0) is 54.2. The molecule has 0 rings (SSSR count). The molecule has 8 nitrogen and oxygen atoms in total. The summed E-state index contributed by atoms with van der Waals surface area (Å²) in [6.45, 7) is 4.82. The zero-order valence-corrected chi connectivity index (χ0v) is 50.5. The highest BCUT2D eigenvalue weighted by Crippen LogP contribution is 2.43. The van der Waals surface area contributed by atoms with E-state index >= 15 is 0 Å². The van der Waals surface area contributed by atoms with Crippen molar-refractivity contribution in [2.75, 3.05) is 40.9 Å². The maximum Gasteiger partial charge on any atom is 0.472 e. The Labute approximate surface area is 460 Å². The summed E-state index contributed by atoms with van der Waals surface area (Å²) < 4.78 is 23.7. The molecule has 0 aliphatic carbocycles. The minimum Gasteiger partial charge on any atom is -0.387 e. The molecular weight excluding hydrogens is 936 g/mol. The highest BCUT2D eigenvalue weighted by molar-refractivity contribution is 7.47. The average Bonchev–Trinajstić information content (AvgIpc) is 3.36. The predicted molar refractivity (Wildman–Crippen MR) is 323 cm³/mol. The lowest BCUT2D eigenvalue weighted by Crippen LogP contribution is -2.45. The van der Waals surface area contributed by atoms with Gasteiger partial charge in [0, 0.05) is 6.42 Å². The number of quaternary nitrogens is 1. The molecule has 0 heterocycles. The summed E-state index contributed by atoms with van der Waals surface area (Å²) in [4.78, 5) is 23.4. The molecule has 0 aromatic carbocycles. The number of rotatable bonds is 58. The lowest BCUT2D eigenvalue weighted by molar-refractivity contribution is -0.870. The number of phosphoric acid groups is 1. The van der Waals surface area contributed by atoms with Gasteiger partial charge in [-0.05, 0) is 70.6 Å². The summed E-state index contributed by atoms with van der Waals surface area (Å²) in [6.07, 6.45) is 76.3. The number of nitrogens with one attached hydrogen (secondary N) is 1. The van der Waals surface area contributed by atoms with Gasteiger partial charge in [0.25, 0.3) is 0 Å². The van der Waals surface area contributed by atoms with Crippen LogP contribution in [0.4, 0.5) is 0 Å². The van der Waals surface area contributed by atoms with Gasteiger partial charge >= 0.3 is 7.82 Å². The molecule has 0 aliphatic heterocycles. The highest BCUT2D eigenvalue weighted by atomic mass is 31.2. The van der Waals surface area contributed by atoms with Crippen LogP contribution >= 0.6 is 7.82 Å². The highest BCUT2D eigenvalue weighted by Gasteiger charge is 2.27. The van der Waals surface area contributed by atoms with Crippen LogP contribution in [-0.4, -0.2) is 73.4 Å². The van der Waals surface area contributed by atoms with Crippen LogP contribution in [0.2, 0.25) is 0 Å². The maximum absolute atomic E-state index is 13.0. The van der Waals surface area contributed by atoms with Gasteiger partial charge in [-0.25, -0.2) is 4.57 Å². The number of hydrogen-bond acceptors (Lipinski definition) is 5. The number of likely N-dealkylation sites (N-methyl/N-ethyl adjacent to an activating group) is 1. The molecule has 3 N–H and O–H groups in total. The third-order valence-corrected chi connectivity index (χ3v) is 15.2. The van der Waals surface area contributed by atoms with Gasteiger partial charge in [0.15, 0.2) is 0 Å². The third kappa shape index (κ3) is 57.9.